The van der Waals surface area contributed by atoms with E-state index in [0.29, 0.717) is 5.02 Å². The van der Waals surface area contributed by atoms with Gasteiger partial charge < -0.3 is 9.80 Å². The number of fused-ring (bicyclic) bond motifs is 1. The quantitative estimate of drug-likeness (QED) is 0.674. The number of halogens is 1. The van der Waals surface area contributed by atoms with Gasteiger partial charge in [-0.15, -0.1) is 11.8 Å². The van der Waals surface area contributed by atoms with E-state index in [1.165, 1.54) is 23.7 Å². The van der Waals surface area contributed by atoms with E-state index < -0.39 is 23.6 Å². The standard InChI is InChI=1S/C23H26ClN5O3S/c1-27(14-9-5-4-6-10-14)17(30)13-33-21-18-20(28(2)23(32)29(3)22(18)31)25-19(26-21)15-11-7-8-12-16(15)24/h4-12,18-21,25-26H,13H2,1-3H3. The fraction of sp³-hybridized carbons (Fsp3) is 0.348. The highest BCUT2D eigenvalue weighted by molar-refractivity contribution is 8.00. The van der Waals surface area contributed by atoms with Crippen molar-refractivity contribution in [3.63, 3.8) is 0 Å². The number of imide groups is 1. The predicted octanol–water partition coefficient (Wildman–Crippen LogP) is 2.72. The van der Waals surface area contributed by atoms with Gasteiger partial charge >= 0.3 is 6.03 Å². The number of hydrogen-bond acceptors (Lipinski definition) is 6. The van der Waals surface area contributed by atoms with Gasteiger partial charge in [-0.3, -0.25) is 25.1 Å². The first-order valence-corrected chi connectivity index (χ1v) is 12.0. The van der Waals surface area contributed by atoms with Crippen molar-refractivity contribution in [2.24, 2.45) is 5.92 Å². The van der Waals surface area contributed by atoms with Crippen LogP contribution < -0.4 is 15.5 Å². The van der Waals surface area contributed by atoms with E-state index in [9.17, 15) is 14.4 Å². The summed E-state index contributed by atoms with van der Waals surface area (Å²) in [5, 5.41) is 6.95. The Balaban J connectivity index is 1.58. The third-order valence-corrected chi connectivity index (χ3v) is 7.62. The lowest BCUT2D eigenvalue weighted by Gasteiger charge is -2.50. The van der Waals surface area contributed by atoms with Crippen LogP contribution in [0.5, 0.6) is 0 Å². The predicted molar refractivity (Wildman–Crippen MR) is 130 cm³/mol. The summed E-state index contributed by atoms with van der Waals surface area (Å²) in [6.45, 7) is 0. The van der Waals surface area contributed by atoms with Gasteiger partial charge in [0.1, 0.15) is 0 Å². The van der Waals surface area contributed by atoms with Crippen LogP contribution in [0.15, 0.2) is 54.6 Å². The molecule has 33 heavy (non-hydrogen) atoms. The molecular formula is C23H26ClN5O3S. The number of amides is 4. The summed E-state index contributed by atoms with van der Waals surface area (Å²) in [6.07, 6.45) is -0.936. The highest BCUT2D eigenvalue weighted by Gasteiger charge is 2.51. The fourth-order valence-electron chi connectivity index (χ4n) is 4.14. The van der Waals surface area contributed by atoms with Crippen molar-refractivity contribution in [1.29, 1.82) is 0 Å². The van der Waals surface area contributed by atoms with Crippen LogP contribution >= 0.6 is 23.4 Å². The topological polar surface area (TPSA) is 85.0 Å². The summed E-state index contributed by atoms with van der Waals surface area (Å²) in [5.74, 6) is -0.785. The zero-order valence-corrected chi connectivity index (χ0v) is 20.1. The molecule has 2 aliphatic rings. The Hall–Kier alpha value is -2.59. The minimum Gasteiger partial charge on any atom is -0.315 e. The Bertz CT molecular complexity index is 1060. The minimum absolute atomic E-state index is 0.0848. The number of rotatable bonds is 5. The number of para-hydroxylation sites is 1. The molecule has 2 N–H and O–H groups in total. The third-order valence-electron chi connectivity index (χ3n) is 6.08. The Kier molecular flexibility index (Phi) is 6.94. The largest absolute Gasteiger partial charge is 0.327 e. The number of urea groups is 1. The van der Waals surface area contributed by atoms with Crippen molar-refractivity contribution in [3.8, 4) is 0 Å². The molecule has 0 aromatic heterocycles. The summed E-state index contributed by atoms with van der Waals surface area (Å²) in [5.41, 5.74) is 1.61. The van der Waals surface area contributed by atoms with Crippen molar-refractivity contribution in [3.05, 3.63) is 65.2 Å². The third kappa shape index (κ3) is 4.59. The van der Waals surface area contributed by atoms with Crippen LogP contribution in [0.2, 0.25) is 5.02 Å². The molecule has 4 unspecified atom stereocenters. The first kappa shape index (κ1) is 23.6. The van der Waals surface area contributed by atoms with E-state index in [1.54, 1.807) is 25.1 Å². The first-order chi connectivity index (χ1) is 15.8. The van der Waals surface area contributed by atoms with Gasteiger partial charge in [0.05, 0.1) is 29.4 Å². The number of benzene rings is 2. The van der Waals surface area contributed by atoms with Crippen LogP contribution in [0.3, 0.4) is 0 Å². The van der Waals surface area contributed by atoms with Crippen LogP contribution in [0.4, 0.5) is 10.5 Å². The van der Waals surface area contributed by atoms with E-state index in [0.717, 1.165) is 16.2 Å². The molecule has 2 aromatic carbocycles. The summed E-state index contributed by atoms with van der Waals surface area (Å²) in [4.78, 5) is 42.9. The number of nitrogens with one attached hydrogen (secondary N) is 2. The number of carbonyl (C=O) groups is 3. The Morgan fingerprint density at radius 1 is 1.06 bits per heavy atom. The van der Waals surface area contributed by atoms with Gasteiger partial charge in [0, 0.05) is 37.4 Å². The number of carbonyl (C=O) groups excluding carboxylic acids is 3. The van der Waals surface area contributed by atoms with Crippen LogP contribution in [-0.2, 0) is 9.59 Å². The highest BCUT2D eigenvalue weighted by atomic mass is 35.5. The molecule has 10 heteroatoms. The molecule has 4 amide bonds. The SMILES string of the molecule is CN1C(=O)C2C(SCC(=O)N(C)c3ccccc3)NC(c3ccccc3Cl)NC2N(C)C1=O. The van der Waals surface area contributed by atoms with Crippen molar-refractivity contribution >= 4 is 46.9 Å². The molecule has 4 rings (SSSR count). The maximum Gasteiger partial charge on any atom is 0.327 e. The van der Waals surface area contributed by atoms with Crippen molar-refractivity contribution in [1.82, 2.24) is 20.4 Å². The Morgan fingerprint density at radius 2 is 1.73 bits per heavy atom. The summed E-state index contributed by atoms with van der Waals surface area (Å²) in [7, 11) is 4.88. The lowest BCUT2D eigenvalue weighted by molar-refractivity contribution is -0.140. The maximum absolute atomic E-state index is 13.1. The number of hydrogen-bond donors (Lipinski definition) is 2. The smallest absolute Gasteiger partial charge is 0.315 e. The Labute approximate surface area is 202 Å². The van der Waals surface area contributed by atoms with E-state index in [1.807, 2.05) is 48.5 Å². The molecule has 174 valence electrons. The minimum atomic E-state index is -0.573. The van der Waals surface area contributed by atoms with Crippen molar-refractivity contribution < 1.29 is 14.4 Å². The van der Waals surface area contributed by atoms with Crippen LogP contribution in [0.1, 0.15) is 11.7 Å². The second-order valence-corrected chi connectivity index (χ2v) is 9.61. The zero-order chi connectivity index (χ0) is 23.7. The Morgan fingerprint density at radius 3 is 2.42 bits per heavy atom. The fourth-order valence-corrected chi connectivity index (χ4v) is 5.61. The lowest BCUT2D eigenvalue weighted by Crippen LogP contribution is -2.72. The van der Waals surface area contributed by atoms with Gasteiger partial charge in [-0.25, -0.2) is 4.79 Å². The van der Waals surface area contributed by atoms with E-state index >= 15 is 0 Å². The molecule has 2 aromatic rings. The molecule has 0 bridgehead atoms. The van der Waals surface area contributed by atoms with Crippen molar-refractivity contribution in [2.45, 2.75) is 17.7 Å². The molecular weight excluding hydrogens is 462 g/mol. The van der Waals surface area contributed by atoms with Crippen molar-refractivity contribution in [2.75, 3.05) is 31.8 Å². The van der Waals surface area contributed by atoms with Crippen LogP contribution in [-0.4, -0.2) is 66.1 Å². The normalized spacial score (nSPS) is 25.1. The molecule has 0 radical (unpaired) electrons. The lowest BCUT2D eigenvalue weighted by atomic mass is 9.96. The molecule has 2 fully saturated rings. The number of thioether (sulfide) groups is 1. The molecule has 0 saturated carbocycles. The van der Waals surface area contributed by atoms with Gasteiger partial charge in [0.25, 0.3) is 0 Å². The average Bonchev–Trinajstić information content (AvgIpc) is 2.84. The average molecular weight is 488 g/mol. The van der Waals surface area contributed by atoms with Gasteiger partial charge in [-0.05, 0) is 18.2 Å². The van der Waals surface area contributed by atoms with Gasteiger partial charge in [0.15, 0.2) is 0 Å². The number of anilines is 1. The molecule has 0 aliphatic carbocycles. The van der Waals surface area contributed by atoms with Gasteiger partial charge in [-0.1, -0.05) is 48.0 Å². The molecule has 8 nitrogen and oxygen atoms in total. The van der Waals surface area contributed by atoms with Crippen LogP contribution in [0.25, 0.3) is 0 Å². The summed E-state index contributed by atoms with van der Waals surface area (Å²) < 4.78 is 0. The van der Waals surface area contributed by atoms with E-state index in [2.05, 4.69) is 10.6 Å². The molecule has 2 saturated heterocycles. The van der Waals surface area contributed by atoms with Gasteiger partial charge in [0.2, 0.25) is 11.8 Å². The summed E-state index contributed by atoms with van der Waals surface area (Å²) in [6, 6.07) is 16.4. The maximum atomic E-state index is 13.1. The second kappa shape index (κ2) is 9.72. The molecule has 0 spiro atoms. The summed E-state index contributed by atoms with van der Waals surface area (Å²) >= 11 is 7.79. The second-order valence-electron chi connectivity index (χ2n) is 8.07. The first-order valence-electron chi connectivity index (χ1n) is 10.5. The van der Waals surface area contributed by atoms with E-state index in [-0.39, 0.29) is 23.6 Å². The highest BCUT2D eigenvalue weighted by Crippen LogP contribution is 2.36. The number of nitrogens with zero attached hydrogens (tertiary/aromatic N) is 3. The van der Waals surface area contributed by atoms with Gasteiger partial charge in [-0.2, -0.15) is 0 Å². The molecule has 2 aliphatic heterocycles. The zero-order valence-electron chi connectivity index (χ0n) is 18.6. The van der Waals surface area contributed by atoms with Crippen LogP contribution in [0, 0.1) is 5.92 Å². The molecule has 4 atom stereocenters. The monoisotopic (exact) mass is 487 g/mol. The van der Waals surface area contributed by atoms with E-state index in [4.69, 9.17) is 11.6 Å². The molecule has 2 heterocycles.